The van der Waals surface area contributed by atoms with E-state index in [0.29, 0.717) is 45.4 Å². The number of nitrogens with one attached hydrogen (secondary N) is 2. The topological polar surface area (TPSA) is 101 Å². The number of ether oxygens (including phenoxy) is 2. The molecular weight excluding hydrogens is 575 g/mol. The van der Waals surface area contributed by atoms with Crippen LogP contribution in [0.5, 0.6) is 23.0 Å². The number of rotatable bonds is 4. The van der Waals surface area contributed by atoms with Crippen molar-refractivity contribution in [2.75, 3.05) is 10.6 Å². The van der Waals surface area contributed by atoms with Crippen LogP contribution < -0.4 is 30.8 Å². The highest BCUT2D eigenvalue weighted by Crippen LogP contribution is 2.43. The summed E-state index contributed by atoms with van der Waals surface area (Å²) in [4.78, 5) is 35.0. The number of anilines is 2. The normalized spacial score (nSPS) is 12.0. The molecule has 5 aromatic carbocycles. The third kappa shape index (κ3) is 4.62. The molecule has 0 aliphatic carbocycles. The van der Waals surface area contributed by atoms with Gasteiger partial charge in [-0.05, 0) is 60.7 Å². The number of hydrogen-bond donors (Lipinski definition) is 2. The predicted octanol–water partition coefficient (Wildman–Crippen LogP) is 7.61. The van der Waals surface area contributed by atoms with Crippen LogP contribution in [0, 0.1) is 0 Å². The fourth-order valence-corrected chi connectivity index (χ4v) is 5.09. The van der Waals surface area contributed by atoms with Crippen LogP contribution in [0.4, 0.5) is 22.7 Å². The van der Waals surface area contributed by atoms with E-state index in [0.717, 1.165) is 0 Å². The van der Waals surface area contributed by atoms with Gasteiger partial charge in [-0.3, -0.25) is 9.59 Å². The fourth-order valence-electron chi connectivity index (χ4n) is 4.58. The van der Waals surface area contributed by atoms with Gasteiger partial charge >= 0.3 is 0 Å². The number of hydrogen-bond acceptors (Lipinski definition) is 6. The van der Waals surface area contributed by atoms with Crippen LogP contribution in [0.3, 0.4) is 0 Å². The average molecular weight is 593 g/mol. The highest BCUT2D eigenvalue weighted by molar-refractivity contribution is 6.35. The number of carbonyl (C=O) groups excluding carboxylic acids is 2. The molecule has 0 fully saturated rings. The number of para-hydroxylation sites is 2. The predicted molar refractivity (Wildman–Crippen MR) is 160 cm³/mol. The van der Waals surface area contributed by atoms with Gasteiger partial charge in [0.1, 0.15) is 32.1 Å². The molecule has 0 unspecified atom stereocenters. The molecule has 0 bridgehead atoms. The summed E-state index contributed by atoms with van der Waals surface area (Å²) in [5.74, 6) is 0.473. The van der Waals surface area contributed by atoms with Crippen LogP contribution in [-0.4, -0.2) is 11.8 Å². The smallest absolute Gasteiger partial charge is 0.255 e. The minimum absolute atomic E-state index is 0.148. The minimum Gasteiger partial charge on any atom is -0.451 e. The van der Waals surface area contributed by atoms with E-state index in [1.807, 2.05) is 36.4 Å². The Labute approximate surface area is 248 Å². The lowest BCUT2D eigenvalue weighted by Crippen LogP contribution is -2.22. The largest absolute Gasteiger partial charge is 0.451 e. The zero-order valence-electron chi connectivity index (χ0n) is 21.5. The van der Waals surface area contributed by atoms with Crippen molar-refractivity contribution < 1.29 is 19.1 Å². The van der Waals surface area contributed by atoms with Crippen LogP contribution in [0.15, 0.2) is 107 Å². The molecule has 0 atom stereocenters. The molecule has 204 valence electrons. The van der Waals surface area contributed by atoms with Gasteiger partial charge in [-0.25, -0.2) is 9.98 Å². The molecule has 0 saturated heterocycles. The van der Waals surface area contributed by atoms with Crippen molar-refractivity contribution in [3.8, 4) is 23.0 Å². The Morgan fingerprint density at radius 1 is 0.571 bits per heavy atom. The first-order valence-corrected chi connectivity index (χ1v) is 13.6. The second kappa shape index (κ2) is 10.3. The Bertz CT molecular complexity index is 1900. The summed E-state index contributed by atoms with van der Waals surface area (Å²) in [6, 6.07) is 28.1. The Balaban J connectivity index is 1.22. The molecule has 2 amide bonds. The van der Waals surface area contributed by atoms with Crippen molar-refractivity contribution in [3.63, 3.8) is 0 Å². The van der Waals surface area contributed by atoms with Crippen molar-refractivity contribution in [1.82, 2.24) is 0 Å². The Kier molecular flexibility index (Phi) is 6.34. The van der Waals surface area contributed by atoms with Crippen molar-refractivity contribution in [3.05, 3.63) is 129 Å². The van der Waals surface area contributed by atoms with E-state index in [4.69, 9.17) is 32.7 Å². The van der Waals surface area contributed by atoms with Crippen molar-refractivity contribution >= 4 is 57.8 Å². The first kappa shape index (κ1) is 25.8. The van der Waals surface area contributed by atoms with Gasteiger partial charge in [-0.1, -0.05) is 59.6 Å². The molecule has 42 heavy (non-hydrogen) atoms. The average Bonchev–Trinajstić information content (AvgIpc) is 3.02. The highest BCUT2D eigenvalue weighted by Gasteiger charge is 2.28. The summed E-state index contributed by atoms with van der Waals surface area (Å²) < 4.78 is 12.3. The molecule has 2 aliphatic rings. The number of halogens is 2. The third-order valence-electron chi connectivity index (χ3n) is 6.64. The Morgan fingerprint density at radius 3 is 1.38 bits per heavy atom. The molecule has 0 saturated carbocycles. The van der Waals surface area contributed by atoms with Gasteiger partial charge < -0.3 is 20.1 Å². The molecule has 5 aromatic rings. The zero-order chi connectivity index (χ0) is 28.8. The molecule has 2 aliphatic heterocycles. The van der Waals surface area contributed by atoms with Gasteiger partial charge in [0.15, 0.2) is 23.0 Å². The maximum absolute atomic E-state index is 12.8. The molecule has 10 heteroatoms. The Morgan fingerprint density at radius 2 is 0.976 bits per heavy atom. The summed E-state index contributed by atoms with van der Waals surface area (Å²) in [5, 5.41) is 6.53. The van der Waals surface area contributed by atoms with Gasteiger partial charge in [0.05, 0.1) is 0 Å². The number of amides is 2. The molecular formula is C32H18Cl2N4O4. The molecule has 0 aromatic heterocycles. The van der Waals surface area contributed by atoms with Crippen LogP contribution >= 0.6 is 23.2 Å². The summed E-state index contributed by atoms with van der Waals surface area (Å²) in [6.45, 7) is 0. The molecule has 7 rings (SSSR count). The number of carbonyl (C=O) groups is 2. The van der Waals surface area contributed by atoms with Gasteiger partial charge in [-0.2, -0.15) is 0 Å². The summed E-state index contributed by atoms with van der Waals surface area (Å²) in [7, 11) is 0. The lowest BCUT2D eigenvalue weighted by atomic mass is 10.1. The summed E-state index contributed by atoms with van der Waals surface area (Å²) >= 11 is 13.5. The van der Waals surface area contributed by atoms with Crippen LogP contribution in [0.1, 0.15) is 20.7 Å². The van der Waals surface area contributed by atoms with Gasteiger partial charge in [-0.15, -0.1) is 0 Å². The fraction of sp³-hybridized carbons (Fsp3) is 0. The maximum atomic E-state index is 12.8. The quantitative estimate of drug-likeness (QED) is 0.219. The van der Waals surface area contributed by atoms with Gasteiger partial charge in [0.2, 0.25) is 0 Å². The maximum Gasteiger partial charge on any atom is 0.255 e. The van der Waals surface area contributed by atoms with Crippen LogP contribution in [0.2, 0.25) is 10.0 Å². The van der Waals surface area contributed by atoms with E-state index < -0.39 is 0 Å². The third-order valence-corrected chi connectivity index (χ3v) is 7.34. The van der Waals surface area contributed by atoms with Crippen LogP contribution in [-0.2, 0) is 0 Å². The molecule has 8 nitrogen and oxygen atoms in total. The van der Waals surface area contributed by atoms with Crippen molar-refractivity contribution in [2.24, 2.45) is 9.98 Å². The van der Waals surface area contributed by atoms with Gasteiger partial charge in [0.25, 0.3) is 11.8 Å². The second-order valence-corrected chi connectivity index (χ2v) is 10.2. The number of nitrogens with zero attached hydrogens (tertiary/aromatic N) is 2. The molecule has 2 N–H and O–H groups in total. The van der Waals surface area contributed by atoms with E-state index in [1.165, 1.54) is 0 Å². The van der Waals surface area contributed by atoms with E-state index in [1.54, 1.807) is 60.7 Å². The zero-order valence-corrected chi connectivity index (χ0v) is 23.0. The summed E-state index contributed by atoms with van der Waals surface area (Å²) in [6.07, 6.45) is 0. The van der Waals surface area contributed by atoms with E-state index in [9.17, 15) is 9.59 Å². The first-order chi connectivity index (χ1) is 20.4. The molecule has 2 heterocycles. The first-order valence-electron chi connectivity index (χ1n) is 12.8. The van der Waals surface area contributed by atoms with E-state index in [2.05, 4.69) is 20.6 Å². The second-order valence-electron chi connectivity index (χ2n) is 9.42. The SMILES string of the molecule is O=C(Nc1ccccc1)c1ccc2c(c1)Oc1c(Cl)c3c(c(Cl)c1=N2)Oc1cc(C(=O)Nc2ccccc2)ccc1N=3. The highest BCUT2D eigenvalue weighted by atomic mass is 35.5. The van der Waals surface area contributed by atoms with Crippen molar-refractivity contribution in [2.45, 2.75) is 0 Å². The molecule has 0 spiro atoms. The standard InChI is InChI=1S/C32H18Cl2N4O4/c33-25-28-30(42-24-16-18(12-14-22(24)38-28)32(40)36-20-9-5-2-6-10-20)26(34)27-29(25)41-23-15-17(11-13-21(23)37-27)31(39)35-19-7-3-1-4-8-19/h1-16H,(H,35,39)(H,36,40). The minimum atomic E-state index is -0.301. The van der Waals surface area contributed by atoms with E-state index >= 15 is 0 Å². The number of fused-ring (bicyclic) bond motifs is 4. The van der Waals surface area contributed by atoms with Crippen LogP contribution in [0.25, 0.3) is 0 Å². The van der Waals surface area contributed by atoms with Gasteiger partial charge in [0, 0.05) is 22.5 Å². The van der Waals surface area contributed by atoms with E-state index in [-0.39, 0.29) is 44.1 Å². The lowest BCUT2D eigenvalue weighted by Gasteiger charge is -2.21. The molecule has 0 radical (unpaired) electrons. The summed E-state index contributed by atoms with van der Waals surface area (Å²) in [5.41, 5.74) is 3.03. The number of benzene rings is 5. The Hall–Kier alpha value is -5.18. The lowest BCUT2D eigenvalue weighted by molar-refractivity contribution is 0.101. The van der Waals surface area contributed by atoms with Crippen molar-refractivity contribution in [1.29, 1.82) is 0 Å². The monoisotopic (exact) mass is 592 g/mol.